The van der Waals surface area contributed by atoms with Crippen LogP contribution in [0.4, 0.5) is 0 Å². The average molecular weight is 497 g/mol. The number of β-amino-alcohol motifs (C(OH)–C–C–N with tert-alkyl or cyclic N) is 1. The Morgan fingerprint density at radius 1 is 1.29 bits per heavy atom. The van der Waals surface area contributed by atoms with E-state index < -0.39 is 18.1 Å². The largest absolute Gasteiger partial charge is 0.391 e. The first-order chi connectivity index (χ1) is 16.8. The lowest BCUT2D eigenvalue weighted by Gasteiger charge is -2.28. The average Bonchev–Trinajstić information content (AvgIpc) is 3.57. The van der Waals surface area contributed by atoms with Crippen molar-refractivity contribution in [3.8, 4) is 10.4 Å². The molecule has 2 aromatic heterocycles. The SMILES string of the molecule is CCc1cc([C@H](C(=O)N2C[C@H](O)C[C@H]2C(=O)NCc2ccc(-c3scnc3C)cc2)C(C)C)on1. The number of hydrogen-bond donors (Lipinski definition) is 2. The van der Waals surface area contributed by atoms with Crippen LogP contribution in [0.5, 0.6) is 0 Å². The predicted octanol–water partition coefficient (Wildman–Crippen LogP) is 3.69. The number of nitrogens with zero attached hydrogens (tertiary/aromatic N) is 3. The molecule has 8 nitrogen and oxygen atoms in total. The van der Waals surface area contributed by atoms with Crippen LogP contribution in [-0.2, 0) is 22.6 Å². The minimum atomic E-state index is -0.745. The molecule has 9 heteroatoms. The molecule has 1 aliphatic heterocycles. The van der Waals surface area contributed by atoms with Gasteiger partial charge in [-0.1, -0.05) is 50.2 Å². The molecule has 3 heterocycles. The van der Waals surface area contributed by atoms with E-state index in [1.54, 1.807) is 11.3 Å². The number of carbonyl (C=O) groups is 2. The van der Waals surface area contributed by atoms with Crippen LogP contribution in [0.25, 0.3) is 10.4 Å². The summed E-state index contributed by atoms with van der Waals surface area (Å²) >= 11 is 1.60. The van der Waals surface area contributed by atoms with Crippen LogP contribution in [0.1, 0.15) is 55.8 Å². The molecule has 4 rings (SSSR count). The number of hydrogen-bond acceptors (Lipinski definition) is 7. The zero-order chi connectivity index (χ0) is 25.1. The van der Waals surface area contributed by atoms with Crippen LogP contribution in [-0.4, -0.2) is 50.7 Å². The fourth-order valence-corrected chi connectivity index (χ4v) is 5.33. The molecule has 0 radical (unpaired) electrons. The third-order valence-electron chi connectivity index (χ3n) is 6.47. The van der Waals surface area contributed by atoms with Gasteiger partial charge in [0.2, 0.25) is 11.8 Å². The Kier molecular flexibility index (Phi) is 7.66. The van der Waals surface area contributed by atoms with Gasteiger partial charge in [0.05, 0.1) is 27.9 Å². The molecule has 35 heavy (non-hydrogen) atoms. The van der Waals surface area contributed by atoms with Crippen molar-refractivity contribution in [2.75, 3.05) is 6.54 Å². The van der Waals surface area contributed by atoms with Crippen molar-refractivity contribution in [1.82, 2.24) is 20.4 Å². The molecule has 0 aliphatic carbocycles. The van der Waals surface area contributed by atoms with Gasteiger partial charge in [0, 0.05) is 25.6 Å². The summed E-state index contributed by atoms with van der Waals surface area (Å²) in [5.74, 6) is -0.613. The van der Waals surface area contributed by atoms with Gasteiger partial charge in [-0.15, -0.1) is 11.3 Å². The summed E-state index contributed by atoms with van der Waals surface area (Å²) in [5, 5.41) is 17.3. The Labute approximate surface area is 209 Å². The first-order valence-corrected chi connectivity index (χ1v) is 12.9. The highest BCUT2D eigenvalue weighted by atomic mass is 32.1. The van der Waals surface area contributed by atoms with Crippen LogP contribution in [0.3, 0.4) is 0 Å². The highest BCUT2D eigenvalue weighted by Crippen LogP contribution is 2.31. The lowest BCUT2D eigenvalue weighted by molar-refractivity contribution is -0.141. The highest BCUT2D eigenvalue weighted by Gasteiger charge is 2.43. The third kappa shape index (κ3) is 5.46. The van der Waals surface area contributed by atoms with E-state index in [9.17, 15) is 14.7 Å². The molecule has 2 N–H and O–H groups in total. The van der Waals surface area contributed by atoms with Crippen molar-refractivity contribution >= 4 is 23.2 Å². The standard InChI is InChI=1S/C26H32N4O4S/c1-5-19-10-22(34-29-19)23(15(2)3)26(33)30-13-20(31)11-21(30)25(32)27-12-17-6-8-18(9-7-17)24-16(4)28-14-35-24/h6-10,14-15,20-21,23,31H,5,11-13H2,1-4H3,(H,27,32)/t20-,21+,23-/m1/s1. The fourth-order valence-electron chi connectivity index (χ4n) is 4.52. The van der Waals surface area contributed by atoms with Crippen LogP contribution in [0.2, 0.25) is 0 Å². The van der Waals surface area contributed by atoms with Gasteiger partial charge in [-0.2, -0.15) is 0 Å². The zero-order valence-corrected chi connectivity index (χ0v) is 21.3. The van der Waals surface area contributed by atoms with Crippen LogP contribution in [0, 0.1) is 12.8 Å². The maximum absolute atomic E-state index is 13.5. The smallest absolute Gasteiger partial charge is 0.243 e. The minimum absolute atomic E-state index is 0.0534. The van der Waals surface area contributed by atoms with Gasteiger partial charge in [0.1, 0.15) is 17.7 Å². The molecular weight excluding hydrogens is 464 g/mol. The number of likely N-dealkylation sites (tertiary alicyclic amines) is 1. The highest BCUT2D eigenvalue weighted by molar-refractivity contribution is 7.13. The summed E-state index contributed by atoms with van der Waals surface area (Å²) < 4.78 is 5.47. The number of aryl methyl sites for hydroxylation is 2. The molecule has 3 atom stereocenters. The predicted molar refractivity (Wildman–Crippen MR) is 134 cm³/mol. The van der Waals surface area contributed by atoms with E-state index >= 15 is 0 Å². The molecule has 1 aliphatic rings. The molecule has 1 fully saturated rings. The Hall–Kier alpha value is -3.04. The number of aliphatic hydroxyl groups excluding tert-OH is 1. The number of aromatic nitrogens is 2. The number of aliphatic hydroxyl groups is 1. The number of amides is 2. The molecule has 0 spiro atoms. The lowest BCUT2D eigenvalue weighted by atomic mass is 9.91. The second kappa shape index (κ2) is 10.7. The van der Waals surface area contributed by atoms with Crippen molar-refractivity contribution in [1.29, 1.82) is 0 Å². The van der Waals surface area contributed by atoms with E-state index in [-0.39, 0.29) is 30.7 Å². The molecule has 0 saturated carbocycles. The molecular formula is C26H32N4O4S. The maximum Gasteiger partial charge on any atom is 0.243 e. The summed E-state index contributed by atoms with van der Waals surface area (Å²) in [6.45, 7) is 8.30. The zero-order valence-electron chi connectivity index (χ0n) is 20.5. The van der Waals surface area contributed by atoms with E-state index in [0.717, 1.165) is 27.4 Å². The summed E-state index contributed by atoms with van der Waals surface area (Å²) in [5.41, 5.74) is 5.66. The van der Waals surface area contributed by atoms with Crippen LogP contribution >= 0.6 is 11.3 Å². The topological polar surface area (TPSA) is 109 Å². The number of benzene rings is 1. The van der Waals surface area contributed by atoms with E-state index in [0.29, 0.717) is 18.7 Å². The monoisotopic (exact) mass is 496 g/mol. The van der Waals surface area contributed by atoms with Gasteiger partial charge >= 0.3 is 0 Å². The maximum atomic E-state index is 13.5. The quantitative estimate of drug-likeness (QED) is 0.492. The van der Waals surface area contributed by atoms with Crippen molar-refractivity contribution in [3.05, 3.63) is 58.6 Å². The fraction of sp³-hybridized carbons (Fsp3) is 0.462. The van der Waals surface area contributed by atoms with Crippen LogP contribution in [0.15, 0.2) is 40.4 Å². The molecule has 1 aromatic carbocycles. The van der Waals surface area contributed by atoms with Gasteiger partial charge in [-0.3, -0.25) is 9.59 Å². The van der Waals surface area contributed by atoms with Gasteiger partial charge in [0.15, 0.2) is 0 Å². The first kappa shape index (κ1) is 25.1. The molecule has 1 saturated heterocycles. The summed E-state index contributed by atoms with van der Waals surface area (Å²) in [4.78, 5) is 33.6. The summed E-state index contributed by atoms with van der Waals surface area (Å²) in [7, 11) is 0. The van der Waals surface area contributed by atoms with Crippen molar-refractivity contribution in [3.63, 3.8) is 0 Å². The Morgan fingerprint density at radius 2 is 2.03 bits per heavy atom. The summed E-state index contributed by atoms with van der Waals surface area (Å²) in [6, 6.07) is 9.07. The van der Waals surface area contributed by atoms with Gasteiger partial charge < -0.3 is 19.8 Å². The number of carbonyl (C=O) groups excluding carboxylic acids is 2. The second-order valence-corrected chi connectivity index (χ2v) is 10.2. The molecule has 3 aromatic rings. The van der Waals surface area contributed by atoms with E-state index in [2.05, 4.69) is 15.5 Å². The van der Waals surface area contributed by atoms with Crippen molar-refractivity contribution in [2.45, 2.75) is 65.1 Å². The van der Waals surface area contributed by atoms with Gasteiger partial charge in [0.25, 0.3) is 0 Å². The Morgan fingerprint density at radius 3 is 2.63 bits per heavy atom. The van der Waals surface area contributed by atoms with E-state index in [1.165, 1.54) is 4.90 Å². The van der Waals surface area contributed by atoms with Gasteiger partial charge in [-0.05, 0) is 30.4 Å². The lowest BCUT2D eigenvalue weighted by Crippen LogP contribution is -2.48. The molecule has 186 valence electrons. The third-order valence-corrected chi connectivity index (χ3v) is 7.45. The number of thiazole rings is 1. The van der Waals surface area contributed by atoms with Crippen LogP contribution < -0.4 is 5.32 Å². The summed E-state index contributed by atoms with van der Waals surface area (Å²) in [6.07, 6.45) is 0.175. The molecule has 0 bridgehead atoms. The minimum Gasteiger partial charge on any atom is -0.391 e. The van der Waals surface area contributed by atoms with Gasteiger partial charge in [-0.25, -0.2) is 4.98 Å². The Bertz CT molecular complexity index is 1170. The second-order valence-electron chi connectivity index (χ2n) is 9.37. The molecule has 0 unspecified atom stereocenters. The normalized spacial score (nSPS) is 18.7. The van der Waals surface area contributed by atoms with Crippen molar-refractivity contribution < 1.29 is 19.2 Å². The Balaban J connectivity index is 1.43. The van der Waals surface area contributed by atoms with E-state index in [1.807, 2.05) is 63.5 Å². The number of nitrogens with one attached hydrogen (secondary N) is 1. The number of rotatable bonds is 8. The first-order valence-electron chi connectivity index (χ1n) is 12.0. The van der Waals surface area contributed by atoms with E-state index in [4.69, 9.17) is 4.52 Å². The van der Waals surface area contributed by atoms with Crippen molar-refractivity contribution in [2.24, 2.45) is 5.92 Å². The molecule has 2 amide bonds.